The molecule has 0 saturated heterocycles. The van der Waals surface area contributed by atoms with Crippen LogP contribution < -0.4 is 14.9 Å². The van der Waals surface area contributed by atoms with Gasteiger partial charge in [-0.3, -0.25) is 5.10 Å². The van der Waals surface area contributed by atoms with Gasteiger partial charge < -0.3 is 14.9 Å². The number of aryl methyl sites for hydroxylation is 1. The molecule has 0 spiro atoms. The molecule has 0 bridgehead atoms. The number of ether oxygens (including phenoxy) is 2. The molecule has 2 N–H and O–H groups in total. The van der Waals surface area contributed by atoms with Gasteiger partial charge in [-0.15, -0.1) is 0 Å². The van der Waals surface area contributed by atoms with Crippen LogP contribution in [0.3, 0.4) is 0 Å². The monoisotopic (exact) mass is 468 g/mol. The number of halogens is 2. The number of benzene rings is 2. The fourth-order valence-corrected chi connectivity index (χ4v) is 3.48. The summed E-state index contributed by atoms with van der Waals surface area (Å²) >= 11 is 14.9. The molecule has 1 aromatic heterocycles. The standard InChI is InChI=1S/C18H18BrClN4O2S/c1-11-22-23-18(27)24(11)21-9-14-15(19)6-7-16(25-2)17(14)26-10-12-4-3-5-13(20)8-12/h3-8,21H,9-10H2,1-2H3,(H,23,27). The molecule has 142 valence electrons. The van der Waals surface area contributed by atoms with Gasteiger partial charge in [-0.25, -0.2) is 4.68 Å². The molecule has 0 radical (unpaired) electrons. The summed E-state index contributed by atoms with van der Waals surface area (Å²) in [5.41, 5.74) is 5.12. The minimum Gasteiger partial charge on any atom is -0.493 e. The van der Waals surface area contributed by atoms with E-state index < -0.39 is 0 Å². The van der Waals surface area contributed by atoms with Gasteiger partial charge in [-0.1, -0.05) is 39.7 Å². The second-order valence-electron chi connectivity index (χ2n) is 5.72. The molecule has 0 saturated carbocycles. The predicted octanol–water partition coefficient (Wildman–Crippen LogP) is 5.00. The zero-order valence-corrected chi connectivity index (χ0v) is 17.9. The summed E-state index contributed by atoms with van der Waals surface area (Å²) in [6.45, 7) is 2.68. The molecule has 0 amide bonds. The van der Waals surface area contributed by atoms with Gasteiger partial charge in [0.15, 0.2) is 11.5 Å². The third kappa shape index (κ3) is 4.63. The molecule has 9 heteroatoms. The van der Waals surface area contributed by atoms with Crippen LogP contribution in [0.4, 0.5) is 0 Å². The normalized spacial score (nSPS) is 10.7. The van der Waals surface area contributed by atoms with Crippen LogP contribution in [0, 0.1) is 11.7 Å². The van der Waals surface area contributed by atoms with Crippen LogP contribution in [-0.2, 0) is 13.2 Å². The zero-order chi connectivity index (χ0) is 19.4. The Morgan fingerprint density at radius 3 is 2.81 bits per heavy atom. The van der Waals surface area contributed by atoms with Crippen LogP contribution in [0.15, 0.2) is 40.9 Å². The number of nitrogens with one attached hydrogen (secondary N) is 2. The van der Waals surface area contributed by atoms with Crippen molar-refractivity contribution < 1.29 is 9.47 Å². The van der Waals surface area contributed by atoms with E-state index in [9.17, 15) is 0 Å². The molecule has 27 heavy (non-hydrogen) atoms. The highest BCUT2D eigenvalue weighted by Gasteiger charge is 2.15. The van der Waals surface area contributed by atoms with E-state index in [1.807, 2.05) is 43.3 Å². The average Bonchev–Trinajstić information content (AvgIpc) is 2.97. The van der Waals surface area contributed by atoms with Crippen molar-refractivity contribution in [3.8, 4) is 11.5 Å². The van der Waals surface area contributed by atoms with Gasteiger partial charge in [-0.05, 0) is 49.0 Å². The Morgan fingerprint density at radius 2 is 2.15 bits per heavy atom. The summed E-state index contributed by atoms with van der Waals surface area (Å²) in [5.74, 6) is 2.02. The first-order valence-electron chi connectivity index (χ1n) is 8.10. The number of hydrogen-bond acceptors (Lipinski definition) is 5. The fourth-order valence-electron chi connectivity index (χ4n) is 2.57. The van der Waals surface area contributed by atoms with Crippen LogP contribution in [0.1, 0.15) is 17.0 Å². The van der Waals surface area contributed by atoms with Gasteiger partial charge in [0.1, 0.15) is 12.4 Å². The Bertz CT molecular complexity index is 1010. The highest BCUT2D eigenvalue weighted by molar-refractivity contribution is 9.10. The first-order valence-corrected chi connectivity index (χ1v) is 9.68. The van der Waals surface area contributed by atoms with Gasteiger partial charge in [-0.2, -0.15) is 5.10 Å². The molecule has 1 heterocycles. The SMILES string of the molecule is COc1ccc(Br)c(CNn2c(C)n[nH]c2=S)c1OCc1cccc(Cl)c1. The number of nitrogens with zero attached hydrogens (tertiary/aromatic N) is 2. The molecule has 0 atom stereocenters. The quantitative estimate of drug-likeness (QED) is 0.477. The van der Waals surface area contributed by atoms with Crippen LogP contribution in [-0.4, -0.2) is 22.0 Å². The van der Waals surface area contributed by atoms with E-state index in [0.29, 0.717) is 34.4 Å². The molecule has 0 aliphatic heterocycles. The van der Waals surface area contributed by atoms with Gasteiger partial charge in [0.25, 0.3) is 0 Å². The topological polar surface area (TPSA) is 64.1 Å². The number of aromatic amines is 1. The van der Waals surface area contributed by atoms with Gasteiger partial charge in [0, 0.05) is 15.1 Å². The van der Waals surface area contributed by atoms with E-state index in [1.165, 1.54) is 0 Å². The highest BCUT2D eigenvalue weighted by atomic mass is 79.9. The molecule has 0 fully saturated rings. The van der Waals surface area contributed by atoms with Crippen molar-refractivity contribution in [2.24, 2.45) is 0 Å². The Morgan fingerprint density at radius 1 is 1.33 bits per heavy atom. The second kappa shape index (κ2) is 8.77. The molecule has 0 aliphatic carbocycles. The molecule has 3 rings (SSSR count). The van der Waals surface area contributed by atoms with Crippen LogP contribution >= 0.6 is 39.7 Å². The smallest absolute Gasteiger partial charge is 0.214 e. The third-order valence-electron chi connectivity index (χ3n) is 3.91. The Hall–Kier alpha value is -2.03. The van der Waals surface area contributed by atoms with Gasteiger partial charge >= 0.3 is 0 Å². The number of aromatic nitrogens is 3. The predicted molar refractivity (Wildman–Crippen MR) is 112 cm³/mol. The maximum Gasteiger partial charge on any atom is 0.214 e. The summed E-state index contributed by atoms with van der Waals surface area (Å²) in [6.07, 6.45) is 0. The van der Waals surface area contributed by atoms with Crippen molar-refractivity contribution in [1.82, 2.24) is 14.9 Å². The van der Waals surface area contributed by atoms with Crippen molar-refractivity contribution in [2.75, 3.05) is 12.5 Å². The number of hydrogen-bond donors (Lipinski definition) is 2. The number of H-pyrrole nitrogens is 1. The first-order chi connectivity index (χ1) is 13.0. The first kappa shape index (κ1) is 19.7. The van der Waals surface area contributed by atoms with E-state index >= 15 is 0 Å². The maximum absolute atomic E-state index is 6.10. The highest BCUT2D eigenvalue weighted by Crippen LogP contribution is 2.37. The second-order valence-corrected chi connectivity index (χ2v) is 7.40. The number of rotatable bonds is 7. The lowest BCUT2D eigenvalue weighted by Crippen LogP contribution is -2.17. The van der Waals surface area contributed by atoms with Crippen molar-refractivity contribution in [3.63, 3.8) is 0 Å². The van der Waals surface area contributed by atoms with Crippen molar-refractivity contribution in [2.45, 2.75) is 20.1 Å². The summed E-state index contributed by atoms with van der Waals surface area (Å²) in [4.78, 5) is 0. The lowest BCUT2D eigenvalue weighted by molar-refractivity contribution is 0.281. The summed E-state index contributed by atoms with van der Waals surface area (Å²) in [7, 11) is 1.61. The average molecular weight is 470 g/mol. The summed E-state index contributed by atoms with van der Waals surface area (Å²) < 4.78 is 14.7. The van der Waals surface area contributed by atoms with Crippen LogP contribution in [0.25, 0.3) is 0 Å². The molecule has 6 nitrogen and oxygen atoms in total. The Kier molecular flexibility index (Phi) is 6.41. The zero-order valence-electron chi connectivity index (χ0n) is 14.8. The molecule has 3 aromatic rings. The van der Waals surface area contributed by atoms with Crippen LogP contribution in [0.5, 0.6) is 11.5 Å². The van der Waals surface area contributed by atoms with Crippen LogP contribution in [0.2, 0.25) is 5.02 Å². The van der Waals surface area contributed by atoms with Gasteiger partial charge in [0.05, 0.1) is 13.7 Å². The summed E-state index contributed by atoms with van der Waals surface area (Å²) in [6, 6.07) is 11.3. The Balaban J connectivity index is 1.87. The number of methoxy groups -OCH3 is 1. The van der Waals surface area contributed by atoms with E-state index in [2.05, 4.69) is 31.6 Å². The largest absolute Gasteiger partial charge is 0.493 e. The van der Waals surface area contributed by atoms with Crippen molar-refractivity contribution >= 4 is 39.7 Å². The maximum atomic E-state index is 6.10. The third-order valence-corrected chi connectivity index (χ3v) is 5.17. The van der Waals surface area contributed by atoms with E-state index in [1.54, 1.807) is 11.8 Å². The lowest BCUT2D eigenvalue weighted by atomic mass is 10.2. The van der Waals surface area contributed by atoms with E-state index in [4.69, 9.17) is 33.3 Å². The van der Waals surface area contributed by atoms with Crippen molar-refractivity contribution in [3.05, 3.63) is 67.6 Å². The molecule has 2 aromatic carbocycles. The fraction of sp³-hybridized carbons (Fsp3) is 0.222. The molecular weight excluding hydrogens is 452 g/mol. The van der Waals surface area contributed by atoms with Gasteiger partial charge in [0.2, 0.25) is 4.77 Å². The van der Waals surface area contributed by atoms with E-state index in [-0.39, 0.29) is 0 Å². The minimum atomic E-state index is 0.366. The lowest BCUT2D eigenvalue weighted by Gasteiger charge is -2.18. The van der Waals surface area contributed by atoms with E-state index in [0.717, 1.165) is 21.4 Å². The molecule has 0 aliphatic rings. The Labute approximate surface area is 175 Å². The molecular formula is C18H18BrClN4O2S. The minimum absolute atomic E-state index is 0.366. The summed E-state index contributed by atoms with van der Waals surface area (Å²) in [5, 5.41) is 7.51. The van der Waals surface area contributed by atoms with Crippen molar-refractivity contribution in [1.29, 1.82) is 0 Å². The molecule has 0 unspecified atom stereocenters.